The van der Waals surface area contributed by atoms with Crippen molar-refractivity contribution in [2.24, 2.45) is 5.92 Å². The third kappa shape index (κ3) is 8.28. The van der Waals surface area contributed by atoms with Crippen molar-refractivity contribution < 1.29 is 22.5 Å². The summed E-state index contributed by atoms with van der Waals surface area (Å²) in [5.41, 5.74) is 2.12. The third-order valence-electron chi connectivity index (χ3n) is 5.65. The summed E-state index contributed by atoms with van der Waals surface area (Å²) in [6, 6.07) is 24.4. The quantitative estimate of drug-likeness (QED) is 0.136. The van der Waals surface area contributed by atoms with Crippen LogP contribution in [0, 0.1) is 12.0 Å². The maximum atomic E-state index is 13.2. The van der Waals surface area contributed by atoms with Crippen LogP contribution < -0.4 is 10.0 Å². The van der Waals surface area contributed by atoms with Gasteiger partial charge in [0.1, 0.15) is 21.3 Å². The van der Waals surface area contributed by atoms with Crippen LogP contribution in [0.1, 0.15) is 26.3 Å². The van der Waals surface area contributed by atoms with Crippen LogP contribution in [0.2, 0.25) is 5.02 Å². The maximum Gasteiger partial charge on any atom is 0.357 e. The summed E-state index contributed by atoms with van der Waals surface area (Å²) >= 11 is 7.41. The second-order valence-corrected chi connectivity index (χ2v) is 12.6. The molecule has 1 heterocycles. The standard InChI is InChI=1S/C29H29ClN3O5S2/c1-29(2,3)38-28(34)21(17-19-13-15-22(30)16-14-19)18-31-27-25(32-26(39-27)20-9-5-4-6-10-20)23-11-7-8-12-24(23)33-40(35,36)37/h4-6,8-16,21,31,33H,17-18H2,1-3H3,(H,35,36,37)/t21-/m0/s1. The molecule has 4 aromatic rings. The number of thiazole rings is 1. The first-order valence-corrected chi connectivity index (χ1v) is 15.0. The maximum absolute atomic E-state index is 13.2. The van der Waals surface area contributed by atoms with E-state index in [-0.39, 0.29) is 18.2 Å². The molecule has 1 radical (unpaired) electrons. The molecule has 8 nitrogen and oxygen atoms in total. The highest BCUT2D eigenvalue weighted by molar-refractivity contribution is 7.87. The van der Waals surface area contributed by atoms with Crippen molar-refractivity contribution in [3.8, 4) is 21.8 Å². The van der Waals surface area contributed by atoms with E-state index in [0.717, 1.165) is 11.1 Å². The fourth-order valence-electron chi connectivity index (χ4n) is 3.93. The van der Waals surface area contributed by atoms with Gasteiger partial charge < -0.3 is 10.1 Å². The third-order valence-corrected chi connectivity index (χ3v) is 7.44. The summed E-state index contributed by atoms with van der Waals surface area (Å²) in [4.78, 5) is 18.0. The van der Waals surface area contributed by atoms with E-state index in [1.165, 1.54) is 23.5 Å². The number of carbonyl (C=O) groups is 1. The zero-order chi connectivity index (χ0) is 28.9. The summed E-state index contributed by atoms with van der Waals surface area (Å²) in [5.74, 6) is -0.903. The van der Waals surface area contributed by atoms with Gasteiger partial charge in [0.15, 0.2) is 0 Å². The highest BCUT2D eigenvalue weighted by Gasteiger charge is 2.27. The number of esters is 1. The first kappa shape index (κ1) is 29.5. The molecule has 0 fully saturated rings. The van der Waals surface area contributed by atoms with Crippen molar-refractivity contribution in [1.29, 1.82) is 0 Å². The van der Waals surface area contributed by atoms with E-state index in [9.17, 15) is 17.8 Å². The summed E-state index contributed by atoms with van der Waals surface area (Å²) in [7, 11) is -4.54. The highest BCUT2D eigenvalue weighted by atomic mass is 35.5. The molecule has 4 rings (SSSR count). The van der Waals surface area contributed by atoms with Crippen molar-refractivity contribution in [3.63, 3.8) is 0 Å². The summed E-state index contributed by atoms with van der Waals surface area (Å²) in [6.07, 6.45) is 0.410. The Bertz CT molecular complexity index is 1570. The fraction of sp³-hybridized carbons (Fsp3) is 0.241. The van der Waals surface area contributed by atoms with Crippen LogP contribution in [0.25, 0.3) is 21.8 Å². The Kier molecular flexibility index (Phi) is 9.15. The molecule has 0 aliphatic rings. The van der Waals surface area contributed by atoms with Crippen LogP contribution in [-0.2, 0) is 26.3 Å². The number of ether oxygens (including phenoxy) is 1. The molecular weight excluding hydrogens is 570 g/mol. The molecular formula is C29H29ClN3O5S2. The lowest BCUT2D eigenvalue weighted by molar-refractivity contribution is -0.159. The van der Waals surface area contributed by atoms with Crippen molar-refractivity contribution in [1.82, 2.24) is 4.98 Å². The van der Waals surface area contributed by atoms with Gasteiger partial charge >= 0.3 is 16.3 Å². The normalized spacial score (nSPS) is 12.5. The van der Waals surface area contributed by atoms with E-state index in [2.05, 4.69) is 16.1 Å². The van der Waals surface area contributed by atoms with Gasteiger partial charge in [0.2, 0.25) is 0 Å². The van der Waals surface area contributed by atoms with Crippen molar-refractivity contribution in [2.75, 3.05) is 16.6 Å². The second kappa shape index (κ2) is 12.4. The van der Waals surface area contributed by atoms with E-state index in [1.54, 1.807) is 18.2 Å². The van der Waals surface area contributed by atoms with Gasteiger partial charge in [-0.1, -0.05) is 71.5 Å². The van der Waals surface area contributed by atoms with Crippen LogP contribution in [0.4, 0.5) is 10.7 Å². The molecule has 0 saturated heterocycles. The number of hydrogen-bond donors (Lipinski definition) is 3. The zero-order valence-corrected chi connectivity index (χ0v) is 24.5. The topological polar surface area (TPSA) is 118 Å². The number of carbonyl (C=O) groups excluding carboxylic acids is 1. The predicted molar refractivity (Wildman–Crippen MR) is 160 cm³/mol. The largest absolute Gasteiger partial charge is 0.460 e. The molecule has 1 aromatic heterocycles. The van der Waals surface area contributed by atoms with Crippen LogP contribution in [-0.4, -0.2) is 36.1 Å². The molecule has 0 unspecified atom stereocenters. The molecule has 1 atom stereocenters. The van der Waals surface area contributed by atoms with E-state index in [1.807, 2.05) is 63.2 Å². The van der Waals surface area contributed by atoms with Gasteiger partial charge in [-0.05, 0) is 63.1 Å². The van der Waals surface area contributed by atoms with Gasteiger partial charge in [0, 0.05) is 22.7 Å². The lowest BCUT2D eigenvalue weighted by atomic mass is 9.98. The number of halogens is 1. The molecule has 40 heavy (non-hydrogen) atoms. The van der Waals surface area contributed by atoms with Crippen LogP contribution in [0.3, 0.4) is 0 Å². The van der Waals surface area contributed by atoms with Gasteiger partial charge in [0.25, 0.3) is 0 Å². The molecule has 0 amide bonds. The minimum Gasteiger partial charge on any atom is -0.460 e. The monoisotopic (exact) mass is 598 g/mol. The summed E-state index contributed by atoms with van der Waals surface area (Å²) in [6.45, 7) is 5.68. The van der Waals surface area contributed by atoms with Gasteiger partial charge in [-0.3, -0.25) is 14.1 Å². The molecule has 0 spiro atoms. The summed E-state index contributed by atoms with van der Waals surface area (Å²) < 4.78 is 40.6. The number of hydrogen-bond acceptors (Lipinski definition) is 7. The number of anilines is 2. The molecule has 3 aromatic carbocycles. The second-order valence-electron chi connectivity index (χ2n) is 10.1. The van der Waals surface area contributed by atoms with Gasteiger partial charge in [-0.15, -0.1) is 0 Å². The van der Waals surface area contributed by atoms with Gasteiger partial charge in [0.05, 0.1) is 11.6 Å². The first-order valence-electron chi connectivity index (χ1n) is 12.4. The Balaban J connectivity index is 1.71. The SMILES string of the molecule is CC(C)(C)OC(=O)[C@H](CNc1sc(-c2ccccc2)nc1-c1c[c]ccc1NS(=O)(=O)O)Cc1ccc(Cl)cc1. The number of nitrogens with zero attached hydrogens (tertiary/aromatic N) is 1. The molecule has 0 aliphatic carbocycles. The fourth-order valence-corrected chi connectivity index (χ4v) is 5.50. The average Bonchev–Trinajstić information content (AvgIpc) is 3.30. The number of aromatic nitrogens is 1. The molecule has 209 valence electrons. The molecule has 0 aliphatic heterocycles. The Hall–Kier alpha value is -3.44. The molecule has 0 saturated carbocycles. The molecule has 3 N–H and O–H groups in total. The number of benzene rings is 3. The Morgan fingerprint density at radius 3 is 2.48 bits per heavy atom. The number of rotatable bonds is 10. The Morgan fingerprint density at radius 1 is 1.12 bits per heavy atom. The minimum atomic E-state index is -4.54. The molecule has 11 heteroatoms. The Labute approximate surface area is 243 Å². The lowest BCUT2D eigenvalue weighted by Gasteiger charge is -2.24. The smallest absolute Gasteiger partial charge is 0.357 e. The summed E-state index contributed by atoms with van der Waals surface area (Å²) in [5, 5.41) is 5.27. The van der Waals surface area contributed by atoms with Crippen molar-refractivity contribution >= 4 is 49.9 Å². The minimum absolute atomic E-state index is 0.138. The van der Waals surface area contributed by atoms with Crippen LogP contribution >= 0.6 is 22.9 Å². The lowest BCUT2D eigenvalue weighted by Crippen LogP contribution is -2.33. The van der Waals surface area contributed by atoms with Gasteiger partial charge in [-0.2, -0.15) is 8.42 Å². The molecule has 0 bridgehead atoms. The highest BCUT2D eigenvalue weighted by Crippen LogP contribution is 2.41. The van der Waals surface area contributed by atoms with Crippen molar-refractivity contribution in [3.05, 3.63) is 89.4 Å². The van der Waals surface area contributed by atoms with Crippen LogP contribution in [0.15, 0.2) is 72.8 Å². The van der Waals surface area contributed by atoms with E-state index in [0.29, 0.717) is 32.7 Å². The zero-order valence-electron chi connectivity index (χ0n) is 22.1. The first-order chi connectivity index (χ1) is 18.9. The van der Waals surface area contributed by atoms with E-state index >= 15 is 0 Å². The van der Waals surface area contributed by atoms with E-state index in [4.69, 9.17) is 21.3 Å². The van der Waals surface area contributed by atoms with Gasteiger partial charge in [-0.25, -0.2) is 4.98 Å². The van der Waals surface area contributed by atoms with E-state index < -0.39 is 21.8 Å². The number of nitrogens with one attached hydrogen (secondary N) is 2. The Morgan fingerprint density at radius 2 is 1.82 bits per heavy atom. The van der Waals surface area contributed by atoms with Crippen LogP contribution in [0.5, 0.6) is 0 Å². The van der Waals surface area contributed by atoms with Crippen molar-refractivity contribution in [2.45, 2.75) is 32.8 Å². The predicted octanol–water partition coefficient (Wildman–Crippen LogP) is 6.76. The average molecular weight is 599 g/mol.